The Hall–Kier alpha value is -2.43. The van der Waals surface area contributed by atoms with Gasteiger partial charge in [0.2, 0.25) is 0 Å². The molecular formula is C17H25ClN8O2. The van der Waals surface area contributed by atoms with Gasteiger partial charge >= 0.3 is 5.69 Å². The van der Waals surface area contributed by atoms with Crippen LogP contribution in [0.4, 0.5) is 0 Å². The summed E-state index contributed by atoms with van der Waals surface area (Å²) in [5.74, 6) is 1.02. The van der Waals surface area contributed by atoms with Crippen LogP contribution in [-0.2, 0) is 27.7 Å². The second-order valence-corrected chi connectivity index (χ2v) is 6.97. The lowest BCUT2D eigenvalue weighted by Crippen LogP contribution is -2.47. The van der Waals surface area contributed by atoms with Crippen LogP contribution in [0.3, 0.4) is 0 Å². The number of hydrogen-bond acceptors (Lipinski definition) is 6. The maximum absolute atomic E-state index is 12.6. The van der Waals surface area contributed by atoms with Gasteiger partial charge in [0.05, 0.1) is 12.4 Å². The third-order valence-electron chi connectivity index (χ3n) is 5.36. The van der Waals surface area contributed by atoms with Gasteiger partial charge in [-0.2, -0.15) is 0 Å². The molecule has 11 heteroatoms. The standard InChI is InChI=1S/C17H24N8O2.ClH/c1-21-6-5-19-14(21)12-10-18-4-7-24(12)8-9-25-11-20-15-13(25)16(26)23(3)17(27)22(15)2;/h5-6,11-12,18H,4,7-10H2,1-3H3;1H. The predicted octanol–water partition coefficient (Wildman–Crippen LogP) is -0.764. The number of aryl methyl sites for hydroxylation is 2. The summed E-state index contributed by atoms with van der Waals surface area (Å²) in [6.45, 7) is 4.04. The number of fused-ring (bicyclic) bond motifs is 1. The first-order valence-corrected chi connectivity index (χ1v) is 9.02. The number of halogens is 1. The number of nitrogens with zero attached hydrogens (tertiary/aromatic N) is 7. The second kappa shape index (κ2) is 7.90. The van der Waals surface area contributed by atoms with E-state index in [2.05, 4.69) is 20.2 Å². The fourth-order valence-corrected chi connectivity index (χ4v) is 3.77. The lowest BCUT2D eigenvalue weighted by molar-refractivity contribution is 0.148. The highest BCUT2D eigenvalue weighted by atomic mass is 35.5. The van der Waals surface area contributed by atoms with Crippen molar-refractivity contribution in [3.8, 4) is 0 Å². The number of nitrogens with one attached hydrogen (secondary N) is 1. The van der Waals surface area contributed by atoms with Crippen molar-refractivity contribution in [2.75, 3.05) is 26.2 Å². The van der Waals surface area contributed by atoms with E-state index < -0.39 is 0 Å². The number of imidazole rings is 2. The minimum absolute atomic E-state index is 0. The van der Waals surface area contributed by atoms with Crippen molar-refractivity contribution in [2.45, 2.75) is 12.6 Å². The van der Waals surface area contributed by atoms with Crippen LogP contribution in [0.5, 0.6) is 0 Å². The van der Waals surface area contributed by atoms with E-state index in [-0.39, 0.29) is 29.7 Å². The molecule has 1 N–H and O–H groups in total. The van der Waals surface area contributed by atoms with E-state index in [1.54, 1.807) is 13.4 Å². The van der Waals surface area contributed by atoms with E-state index in [9.17, 15) is 9.59 Å². The van der Waals surface area contributed by atoms with Crippen LogP contribution in [0.1, 0.15) is 11.9 Å². The Bertz CT molecular complexity index is 1090. The molecule has 1 unspecified atom stereocenters. The van der Waals surface area contributed by atoms with Gasteiger partial charge in [0, 0.05) is 66.3 Å². The Labute approximate surface area is 167 Å². The normalized spacial score (nSPS) is 17.8. The van der Waals surface area contributed by atoms with Crippen LogP contribution in [0.2, 0.25) is 0 Å². The molecule has 1 atom stereocenters. The molecule has 3 aromatic heterocycles. The monoisotopic (exact) mass is 408 g/mol. The van der Waals surface area contributed by atoms with Crippen LogP contribution in [0.25, 0.3) is 11.2 Å². The smallest absolute Gasteiger partial charge is 0.332 e. The molecule has 4 heterocycles. The third kappa shape index (κ3) is 3.27. The Morgan fingerprint density at radius 3 is 2.64 bits per heavy atom. The van der Waals surface area contributed by atoms with E-state index in [1.165, 1.54) is 11.6 Å². The average molecular weight is 409 g/mol. The van der Waals surface area contributed by atoms with Crippen molar-refractivity contribution < 1.29 is 0 Å². The van der Waals surface area contributed by atoms with Gasteiger partial charge in [-0.15, -0.1) is 12.4 Å². The largest absolute Gasteiger partial charge is 0.337 e. The summed E-state index contributed by atoms with van der Waals surface area (Å²) in [7, 11) is 5.13. The Kier molecular flexibility index (Phi) is 5.73. The van der Waals surface area contributed by atoms with Gasteiger partial charge in [-0.05, 0) is 0 Å². The van der Waals surface area contributed by atoms with E-state index in [0.717, 1.165) is 36.6 Å². The summed E-state index contributed by atoms with van der Waals surface area (Å²) in [4.78, 5) is 35.8. The van der Waals surface area contributed by atoms with Crippen LogP contribution in [0, 0.1) is 0 Å². The van der Waals surface area contributed by atoms with Crippen LogP contribution < -0.4 is 16.6 Å². The van der Waals surface area contributed by atoms with Crippen molar-refractivity contribution in [3.63, 3.8) is 0 Å². The topological polar surface area (TPSA) is 94.9 Å². The van der Waals surface area contributed by atoms with E-state index in [4.69, 9.17) is 0 Å². The highest BCUT2D eigenvalue weighted by molar-refractivity contribution is 5.85. The summed E-state index contributed by atoms with van der Waals surface area (Å²) in [5.41, 5.74) is 0.202. The van der Waals surface area contributed by atoms with Gasteiger partial charge in [-0.25, -0.2) is 14.8 Å². The van der Waals surface area contributed by atoms with Crippen molar-refractivity contribution in [3.05, 3.63) is 45.4 Å². The van der Waals surface area contributed by atoms with Crippen LogP contribution >= 0.6 is 12.4 Å². The van der Waals surface area contributed by atoms with E-state index in [1.807, 2.05) is 28.6 Å². The lowest BCUT2D eigenvalue weighted by Gasteiger charge is -2.35. The van der Waals surface area contributed by atoms with Crippen LogP contribution in [0.15, 0.2) is 28.3 Å². The highest BCUT2D eigenvalue weighted by Crippen LogP contribution is 2.20. The zero-order valence-corrected chi connectivity index (χ0v) is 17.0. The minimum atomic E-state index is -0.366. The van der Waals surface area contributed by atoms with Gasteiger partial charge in [0.15, 0.2) is 11.2 Å². The van der Waals surface area contributed by atoms with Gasteiger partial charge in [0.25, 0.3) is 5.56 Å². The molecule has 0 aliphatic carbocycles. The molecule has 3 aromatic rings. The van der Waals surface area contributed by atoms with E-state index in [0.29, 0.717) is 17.7 Å². The summed E-state index contributed by atoms with van der Waals surface area (Å²) < 4.78 is 6.42. The first-order valence-electron chi connectivity index (χ1n) is 9.02. The maximum atomic E-state index is 12.6. The molecule has 0 spiro atoms. The SMILES string of the molecule is Cl.Cn1ccnc1C1CNCCN1CCn1cnc2c1c(=O)n(C)c(=O)n2C. The minimum Gasteiger partial charge on any atom is -0.337 e. The number of piperazine rings is 1. The molecule has 1 fully saturated rings. The first-order chi connectivity index (χ1) is 13.0. The Morgan fingerprint density at radius 2 is 1.93 bits per heavy atom. The molecule has 1 aliphatic heterocycles. The van der Waals surface area contributed by atoms with Gasteiger partial charge in [-0.3, -0.25) is 18.8 Å². The number of hydrogen-bond donors (Lipinski definition) is 1. The Balaban J connectivity index is 0.00000225. The first kappa shape index (κ1) is 20.3. The molecule has 1 aliphatic rings. The molecule has 28 heavy (non-hydrogen) atoms. The molecule has 0 saturated carbocycles. The fraction of sp³-hybridized carbons (Fsp3) is 0.529. The quantitative estimate of drug-likeness (QED) is 0.609. The maximum Gasteiger partial charge on any atom is 0.332 e. The van der Waals surface area contributed by atoms with Gasteiger partial charge in [0.1, 0.15) is 5.82 Å². The number of aromatic nitrogens is 6. The summed E-state index contributed by atoms with van der Waals surface area (Å²) in [6, 6.07) is 0.181. The Morgan fingerprint density at radius 1 is 1.14 bits per heavy atom. The van der Waals surface area contributed by atoms with Crippen molar-refractivity contribution in [1.82, 2.24) is 38.5 Å². The molecule has 10 nitrogen and oxygen atoms in total. The second-order valence-electron chi connectivity index (χ2n) is 6.97. The van der Waals surface area contributed by atoms with E-state index >= 15 is 0 Å². The molecule has 0 amide bonds. The molecule has 0 aromatic carbocycles. The fourth-order valence-electron chi connectivity index (χ4n) is 3.77. The molecule has 0 radical (unpaired) electrons. The van der Waals surface area contributed by atoms with Crippen molar-refractivity contribution in [1.29, 1.82) is 0 Å². The van der Waals surface area contributed by atoms with Crippen molar-refractivity contribution >= 4 is 23.6 Å². The molecule has 152 valence electrons. The van der Waals surface area contributed by atoms with Crippen molar-refractivity contribution in [2.24, 2.45) is 21.1 Å². The number of rotatable bonds is 4. The highest BCUT2D eigenvalue weighted by Gasteiger charge is 2.26. The summed E-state index contributed by atoms with van der Waals surface area (Å²) in [6.07, 6.45) is 5.41. The summed E-state index contributed by atoms with van der Waals surface area (Å²) in [5, 5.41) is 3.43. The summed E-state index contributed by atoms with van der Waals surface area (Å²) >= 11 is 0. The zero-order chi connectivity index (χ0) is 19.1. The molecular weight excluding hydrogens is 384 g/mol. The molecule has 0 bridgehead atoms. The van der Waals surface area contributed by atoms with Crippen LogP contribution in [-0.4, -0.2) is 59.3 Å². The predicted molar refractivity (Wildman–Crippen MR) is 108 cm³/mol. The van der Waals surface area contributed by atoms with Gasteiger partial charge < -0.3 is 14.5 Å². The molecule has 4 rings (SSSR count). The lowest BCUT2D eigenvalue weighted by atomic mass is 10.1. The van der Waals surface area contributed by atoms with Gasteiger partial charge in [-0.1, -0.05) is 0 Å². The third-order valence-corrected chi connectivity index (χ3v) is 5.36. The zero-order valence-electron chi connectivity index (χ0n) is 16.2. The average Bonchev–Trinajstić information content (AvgIpc) is 3.29. The molecule has 1 saturated heterocycles.